The monoisotopic (exact) mass is 348 g/mol. The third-order valence-electron chi connectivity index (χ3n) is 2.92. The lowest BCUT2D eigenvalue weighted by Crippen LogP contribution is -2.30. The van der Waals surface area contributed by atoms with Crippen molar-refractivity contribution in [1.29, 1.82) is 0 Å². The Labute approximate surface area is 139 Å². The molecule has 0 aliphatic rings. The van der Waals surface area contributed by atoms with Crippen molar-refractivity contribution >= 4 is 27.9 Å². The van der Waals surface area contributed by atoms with E-state index in [1.807, 2.05) is 6.07 Å². The van der Waals surface area contributed by atoms with E-state index in [4.69, 9.17) is 4.74 Å². The van der Waals surface area contributed by atoms with Crippen molar-refractivity contribution < 1.29 is 22.7 Å². The molecule has 2 rings (SSSR count). The van der Waals surface area contributed by atoms with Crippen LogP contribution in [-0.4, -0.2) is 38.3 Å². The van der Waals surface area contributed by atoms with E-state index in [0.29, 0.717) is 11.3 Å². The molecule has 0 spiro atoms. The minimum atomic E-state index is -3.78. The second-order valence-electron chi connectivity index (χ2n) is 4.75. The molecule has 1 aromatic heterocycles. The SMILES string of the molecule is O=C(CNS(=O)(=O)/C=C/c1ccccc1)OCC(=O)c1ccc[nH]1. The van der Waals surface area contributed by atoms with E-state index in [1.54, 1.807) is 42.6 Å². The number of aromatic nitrogens is 1. The second kappa shape index (κ2) is 8.23. The number of carbonyl (C=O) groups excluding carboxylic acids is 2. The molecule has 2 N–H and O–H groups in total. The number of benzene rings is 1. The molecule has 126 valence electrons. The van der Waals surface area contributed by atoms with Crippen LogP contribution in [0, 0.1) is 0 Å². The summed E-state index contributed by atoms with van der Waals surface area (Å²) in [5.74, 6) is -1.24. The van der Waals surface area contributed by atoms with Crippen LogP contribution in [0.4, 0.5) is 0 Å². The van der Waals surface area contributed by atoms with Crippen LogP contribution in [0.15, 0.2) is 54.1 Å². The van der Waals surface area contributed by atoms with Gasteiger partial charge in [0.25, 0.3) is 0 Å². The van der Waals surface area contributed by atoms with E-state index in [-0.39, 0.29) is 0 Å². The Balaban J connectivity index is 1.78. The number of ether oxygens (including phenoxy) is 1. The fourth-order valence-electron chi connectivity index (χ4n) is 1.72. The van der Waals surface area contributed by atoms with Gasteiger partial charge in [-0.3, -0.25) is 9.59 Å². The number of carbonyl (C=O) groups is 2. The van der Waals surface area contributed by atoms with Gasteiger partial charge < -0.3 is 9.72 Å². The van der Waals surface area contributed by atoms with Gasteiger partial charge in [0, 0.05) is 11.6 Å². The molecule has 0 saturated heterocycles. The molecule has 0 fully saturated rings. The smallest absolute Gasteiger partial charge is 0.321 e. The number of ketones is 1. The van der Waals surface area contributed by atoms with Crippen LogP contribution in [0.1, 0.15) is 16.1 Å². The summed E-state index contributed by atoms with van der Waals surface area (Å²) in [5.41, 5.74) is 1.02. The maximum atomic E-state index is 11.8. The van der Waals surface area contributed by atoms with Crippen LogP contribution in [0.3, 0.4) is 0 Å². The standard InChI is InChI=1S/C16H16N2O5S/c19-15(14-7-4-9-17-14)12-23-16(20)11-18-24(21,22)10-8-13-5-2-1-3-6-13/h1-10,17-18H,11-12H2/b10-8+. The molecule has 24 heavy (non-hydrogen) atoms. The molecule has 1 heterocycles. The van der Waals surface area contributed by atoms with Crippen LogP contribution < -0.4 is 4.72 Å². The van der Waals surface area contributed by atoms with Crippen molar-refractivity contribution in [3.63, 3.8) is 0 Å². The van der Waals surface area contributed by atoms with Gasteiger partial charge in [0.1, 0.15) is 6.54 Å². The highest BCUT2D eigenvalue weighted by Gasteiger charge is 2.13. The summed E-state index contributed by atoms with van der Waals surface area (Å²) in [6.07, 6.45) is 2.98. The number of sulfonamides is 1. The second-order valence-corrected chi connectivity index (χ2v) is 6.40. The summed E-state index contributed by atoms with van der Waals surface area (Å²) in [6, 6.07) is 12.0. The molecule has 2 aromatic rings. The quantitative estimate of drug-likeness (QED) is 0.553. The molecule has 1 aromatic carbocycles. The highest BCUT2D eigenvalue weighted by atomic mass is 32.2. The summed E-state index contributed by atoms with van der Waals surface area (Å²) in [4.78, 5) is 25.8. The molecule has 0 saturated carbocycles. The largest absolute Gasteiger partial charge is 0.456 e. The fraction of sp³-hybridized carbons (Fsp3) is 0.125. The van der Waals surface area contributed by atoms with E-state index in [1.165, 1.54) is 6.08 Å². The van der Waals surface area contributed by atoms with Crippen LogP contribution in [-0.2, 0) is 19.6 Å². The van der Waals surface area contributed by atoms with Crippen molar-refractivity contribution in [3.05, 3.63) is 65.3 Å². The molecule has 7 nitrogen and oxygen atoms in total. The van der Waals surface area contributed by atoms with Crippen molar-refractivity contribution in [2.75, 3.05) is 13.2 Å². The zero-order chi connectivity index (χ0) is 17.4. The van der Waals surface area contributed by atoms with Gasteiger partial charge in [-0.2, -0.15) is 0 Å². The molecule has 0 aliphatic heterocycles. The van der Waals surface area contributed by atoms with Crippen molar-refractivity contribution in [2.24, 2.45) is 0 Å². The van der Waals surface area contributed by atoms with Gasteiger partial charge in [-0.1, -0.05) is 30.3 Å². The summed E-state index contributed by atoms with van der Waals surface area (Å²) in [7, 11) is -3.78. The third kappa shape index (κ3) is 5.82. The zero-order valence-corrected chi connectivity index (χ0v) is 13.5. The Morgan fingerprint density at radius 1 is 1.12 bits per heavy atom. The first-order chi connectivity index (χ1) is 11.5. The first-order valence-corrected chi connectivity index (χ1v) is 8.56. The summed E-state index contributed by atoms with van der Waals surface area (Å²) in [6.45, 7) is -1.01. The molecule has 0 radical (unpaired) electrons. The average Bonchev–Trinajstić information content (AvgIpc) is 3.12. The number of Topliss-reactive ketones (excluding diaryl/α,β-unsaturated/α-hetero) is 1. The minimum Gasteiger partial charge on any atom is -0.456 e. The highest BCUT2D eigenvalue weighted by Crippen LogP contribution is 2.02. The maximum Gasteiger partial charge on any atom is 0.321 e. The Morgan fingerprint density at radius 2 is 1.88 bits per heavy atom. The van der Waals surface area contributed by atoms with Gasteiger partial charge in [0.2, 0.25) is 15.8 Å². The van der Waals surface area contributed by atoms with Crippen molar-refractivity contribution in [2.45, 2.75) is 0 Å². The lowest BCUT2D eigenvalue weighted by molar-refractivity contribution is -0.141. The van der Waals surface area contributed by atoms with Crippen LogP contribution in [0.2, 0.25) is 0 Å². The number of hydrogen-bond donors (Lipinski definition) is 2. The Hall–Kier alpha value is -2.71. The third-order valence-corrected chi connectivity index (χ3v) is 3.96. The van der Waals surface area contributed by atoms with E-state index in [0.717, 1.165) is 5.41 Å². The Kier molecular flexibility index (Phi) is 6.05. The molecule has 0 bridgehead atoms. The predicted octanol–water partition coefficient (Wildman–Crippen LogP) is 1.33. The summed E-state index contributed by atoms with van der Waals surface area (Å²) < 4.78 is 30.3. The van der Waals surface area contributed by atoms with E-state index in [9.17, 15) is 18.0 Å². The normalized spacial score (nSPS) is 11.5. The van der Waals surface area contributed by atoms with Gasteiger partial charge in [0.05, 0.1) is 5.69 Å². The van der Waals surface area contributed by atoms with Gasteiger partial charge in [0.15, 0.2) is 6.61 Å². The van der Waals surface area contributed by atoms with Gasteiger partial charge in [-0.25, -0.2) is 13.1 Å². The topological polar surface area (TPSA) is 105 Å². The van der Waals surface area contributed by atoms with Crippen LogP contribution >= 0.6 is 0 Å². The Morgan fingerprint density at radius 3 is 2.54 bits per heavy atom. The number of hydrogen-bond acceptors (Lipinski definition) is 5. The van der Waals surface area contributed by atoms with Gasteiger partial charge in [-0.15, -0.1) is 0 Å². The van der Waals surface area contributed by atoms with E-state index >= 15 is 0 Å². The molecule has 8 heteroatoms. The molecule has 0 amide bonds. The molecule has 0 unspecified atom stereocenters. The maximum absolute atomic E-state index is 11.8. The summed E-state index contributed by atoms with van der Waals surface area (Å²) in [5, 5.41) is 0.958. The number of aromatic amines is 1. The zero-order valence-electron chi connectivity index (χ0n) is 12.6. The average molecular weight is 348 g/mol. The number of rotatable bonds is 8. The van der Waals surface area contributed by atoms with Crippen LogP contribution in [0.25, 0.3) is 6.08 Å². The van der Waals surface area contributed by atoms with Crippen molar-refractivity contribution in [3.8, 4) is 0 Å². The minimum absolute atomic E-state index is 0.314. The number of nitrogens with one attached hydrogen (secondary N) is 2. The first-order valence-electron chi connectivity index (χ1n) is 7.01. The van der Waals surface area contributed by atoms with E-state index < -0.39 is 34.9 Å². The predicted molar refractivity (Wildman–Crippen MR) is 88.5 cm³/mol. The molecule has 0 atom stereocenters. The number of esters is 1. The lowest BCUT2D eigenvalue weighted by atomic mass is 10.2. The molecular weight excluding hydrogens is 332 g/mol. The Bertz CT molecular complexity index is 811. The number of H-pyrrole nitrogens is 1. The molecular formula is C16H16N2O5S. The fourth-order valence-corrected chi connectivity index (χ4v) is 2.47. The van der Waals surface area contributed by atoms with Crippen LogP contribution in [0.5, 0.6) is 0 Å². The van der Waals surface area contributed by atoms with Gasteiger partial charge >= 0.3 is 5.97 Å². The van der Waals surface area contributed by atoms with Crippen molar-refractivity contribution in [1.82, 2.24) is 9.71 Å². The summed E-state index contributed by atoms with van der Waals surface area (Å²) >= 11 is 0. The lowest BCUT2D eigenvalue weighted by Gasteiger charge is -2.04. The first kappa shape index (κ1) is 17.6. The van der Waals surface area contributed by atoms with Gasteiger partial charge in [-0.05, 0) is 23.8 Å². The highest BCUT2D eigenvalue weighted by molar-refractivity contribution is 7.92. The van der Waals surface area contributed by atoms with E-state index in [2.05, 4.69) is 9.71 Å². The molecule has 0 aliphatic carbocycles.